The van der Waals surface area contributed by atoms with Crippen molar-refractivity contribution in [2.75, 3.05) is 23.7 Å². The minimum atomic E-state index is -0.251. The maximum atomic E-state index is 12.2. The molecule has 3 N–H and O–H groups in total. The smallest absolute Gasteiger partial charge is 0.287 e. The van der Waals surface area contributed by atoms with E-state index < -0.39 is 0 Å². The van der Waals surface area contributed by atoms with Crippen LogP contribution in [0, 0.1) is 6.92 Å². The zero-order chi connectivity index (χ0) is 20.1. The molecule has 0 atom stereocenters. The molecule has 0 saturated heterocycles. The molecule has 4 aromatic rings. The summed E-state index contributed by atoms with van der Waals surface area (Å²) in [7, 11) is 0. The number of benzene rings is 1. The molecule has 0 aliphatic carbocycles. The molecular weight excluding hydrogens is 368 g/mol. The van der Waals surface area contributed by atoms with Gasteiger partial charge in [0.15, 0.2) is 5.76 Å². The molecule has 1 amide bonds. The van der Waals surface area contributed by atoms with Gasteiger partial charge in [-0.1, -0.05) is 18.2 Å². The van der Waals surface area contributed by atoms with E-state index in [-0.39, 0.29) is 5.91 Å². The Morgan fingerprint density at radius 3 is 2.66 bits per heavy atom. The molecule has 3 aromatic heterocycles. The van der Waals surface area contributed by atoms with E-state index in [0.29, 0.717) is 41.9 Å². The molecule has 0 radical (unpaired) electrons. The van der Waals surface area contributed by atoms with E-state index in [4.69, 9.17) is 4.42 Å². The van der Waals surface area contributed by atoms with Gasteiger partial charge in [0.05, 0.1) is 0 Å². The molecule has 0 bridgehead atoms. The summed E-state index contributed by atoms with van der Waals surface area (Å²) >= 11 is 0. The Bertz CT molecular complexity index is 1110. The normalized spacial score (nSPS) is 10.7. The van der Waals surface area contributed by atoms with Crippen molar-refractivity contribution in [3.8, 4) is 0 Å². The van der Waals surface area contributed by atoms with Gasteiger partial charge in [-0.2, -0.15) is 0 Å². The zero-order valence-corrected chi connectivity index (χ0v) is 15.8. The summed E-state index contributed by atoms with van der Waals surface area (Å²) in [4.78, 5) is 24.9. The lowest BCUT2D eigenvalue weighted by Crippen LogP contribution is -2.28. The van der Waals surface area contributed by atoms with E-state index in [2.05, 4.69) is 30.9 Å². The number of rotatable bonds is 7. The molecule has 0 aliphatic heterocycles. The molecule has 8 nitrogen and oxygen atoms in total. The first-order valence-electron chi connectivity index (χ1n) is 9.20. The van der Waals surface area contributed by atoms with Crippen molar-refractivity contribution < 1.29 is 9.21 Å². The van der Waals surface area contributed by atoms with Gasteiger partial charge in [-0.25, -0.2) is 15.0 Å². The van der Waals surface area contributed by atoms with E-state index in [9.17, 15) is 4.79 Å². The summed E-state index contributed by atoms with van der Waals surface area (Å²) in [6.45, 7) is 2.92. The highest BCUT2D eigenvalue weighted by Crippen LogP contribution is 2.18. The highest BCUT2D eigenvalue weighted by molar-refractivity contribution is 5.96. The fraction of sp³-hybridized carbons (Fsp3) is 0.143. The molecule has 3 heterocycles. The Morgan fingerprint density at radius 2 is 1.79 bits per heavy atom. The zero-order valence-electron chi connectivity index (χ0n) is 15.8. The van der Waals surface area contributed by atoms with Crippen molar-refractivity contribution >= 4 is 34.3 Å². The van der Waals surface area contributed by atoms with Crippen molar-refractivity contribution in [2.24, 2.45) is 0 Å². The van der Waals surface area contributed by atoms with Gasteiger partial charge < -0.3 is 20.4 Å². The molecule has 4 rings (SSSR count). The lowest BCUT2D eigenvalue weighted by atomic mass is 10.2. The van der Waals surface area contributed by atoms with Gasteiger partial charge in [0.25, 0.3) is 5.91 Å². The molecule has 1 aromatic carbocycles. The van der Waals surface area contributed by atoms with Crippen LogP contribution in [0.4, 0.5) is 17.5 Å². The van der Waals surface area contributed by atoms with Crippen LogP contribution in [0.1, 0.15) is 16.1 Å². The number of carbonyl (C=O) groups is 1. The fourth-order valence-corrected chi connectivity index (χ4v) is 2.81. The van der Waals surface area contributed by atoms with Gasteiger partial charge in [0.2, 0.25) is 0 Å². The van der Waals surface area contributed by atoms with Crippen LogP contribution in [0.15, 0.2) is 65.5 Å². The highest BCUT2D eigenvalue weighted by atomic mass is 16.3. The van der Waals surface area contributed by atoms with Crippen LogP contribution in [0.2, 0.25) is 0 Å². The third-order valence-corrected chi connectivity index (χ3v) is 4.20. The van der Waals surface area contributed by atoms with Gasteiger partial charge in [-0.3, -0.25) is 4.79 Å². The van der Waals surface area contributed by atoms with E-state index in [1.165, 1.54) is 6.33 Å². The first-order chi connectivity index (χ1) is 14.2. The van der Waals surface area contributed by atoms with E-state index in [1.54, 1.807) is 18.3 Å². The predicted octanol–water partition coefficient (Wildman–Crippen LogP) is 3.51. The number of aryl methyl sites for hydroxylation is 1. The van der Waals surface area contributed by atoms with Crippen molar-refractivity contribution in [3.05, 3.63) is 72.4 Å². The summed E-state index contributed by atoms with van der Waals surface area (Å²) in [5.74, 6) is 2.04. The van der Waals surface area contributed by atoms with E-state index in [1.807, 2.05) is 43.3 Å². The van der Waals surface area contributed by atoms with Gasteiger partial charge in [-0.15, -0.1) is 0 Å². The number of para-hydroxylation sites is 1. The summed E-state index contributed by atoms with van der Waals surface area (Å²) in [6.07, 6.45) is 3.20. The van der Waals surface area contributed by atoms with Crippen LogP contribution in [-0.2, 0) is 0 Å². The van der Waals surface area contributed by atoms with Crippen LogP contribution in [0.3, 0.4) is 0 Å². The van der Waals surface area contributed by atoms with Crippen molar-refractivity contribution in [1.82, 2.24) is 20.3 Å². The largest absolute Gasteiger partial charge is 0.451 e. The number of amides is 1. The first-order valence-corrected chi connectivity index (χ1v) is 9.20. The van der Waals surface area contributed by atoms with Gasteiger partial charge in [0, 0.05) is 30.7 Å². The van der Waals surface area contributed by atoms with Crippen LogP contribution in [0.25, 0.3) is 11.0 Å². The number of carbonyl (C=O) groups excluding carboxylic acids is 1. The Hall–Kier alpha value is -3.94. The van der Waals surface area contributed by atoms with Crippen LogP contribution >= 0.6 is 0 Å². The Morgan fingerprint density at radius 1 is 0.966 bits per heavy atom. The number of hydrogen-bond acceptors (Lipinski definition) is 7. The summed E-state index contributed by atoms with van der Waals surface area (Å²) in [5.41, 5.74) is 1.80. The Balaban J connectivity index is 1.28. The number of nitrogens with one attached hydrogen (secondary N) is 3. The van der Waals surface area contributed by atoms with Crippen LogP contribution in [-0.4, -0.2) is 33.9 Å². The second kappa shape index (κ2) is 8.39. The lowest BCUT2D eigenvalue weighted by molar-refractivity contribution is 0.0929. The Kier molecular flexibility index (Phi) is 5.33. The average Bonchev–Trinajstić information content (AvgIpc) is 3.16. The van der Waals surface area contributed by atoms with Crippen molar-refractivity contribution in [1.29, 1.82) is 0 Å². The first kappa shape index (κ1) is 18.4. The molecule has 0 saturated carbocycles. The molecule has 0 aliphatic rings. The Labute approximate surface area is 167 Å². The van der Waals surface area contributed by atoms with Crippen LogP contribution in [0.5, 0.6) is 0 Å². The topological polar surface area (TPSA) is 105 Å². The van der Waals surface area contributed by atoms with Crippen LogP contribution < -0.4 is 16.0 Å². The second-order valence-corrected chi connectivity index (χ2v) is 6.46. The minimum absolute atomic E-state index is 0.251. The van der Waals surface area contributed by atoms with Gasteiger partial charge >= 0.3 is 0 Å². The number of fused-ring (bicyclic) bond motifs is 1. The number of nitrogens with zero attached hydrogens (tertiary/aromatic N) is 3. The fourth-order valence-electron chi connectivity index (χ4n) is 2.81. The average molecular weight is 388 g/mol. The molecule has 8 heteroatoms. The van der Waals surface area contributed by atoms with Crippen molar-refractivity contribution in [3.63, 3.8) is 0 Å². The minimum Gasteiger partial charge on any atom is -0.451 e. The molecule has 29 heavy (non-hydrogen) atoms. The lowest BCUT2D eigenvalue weighted by Gasteiger charge is -2.09. The van der Waals surface area contributed by atoms with Crippen molar-refractivity contribution in [2.45, 2.75) is 6.92 Å². The third kappa shape index (κ3) is 4.67. The molecule has 0 unspecified atom stereocenters. The summed E-state index contributed by atoms with van der Waals surface area (Å²) in [5, 5.41) is 10.0. The number of furan rings is 1. The molecule has 0 spiro atoms. The maximum absolute atomic E-state index is 12.2. The summed E-state index contributed by atoms with van der Waals surface area (Å²) in [6, 6.07) is 14.9. The number of pyridine rings is 1. The third-order valence-electron chi connectivity index (χ3n) is 4.20. The van der Waals surface area contributed by atoms with E-state index >= 15 is 0 Å². The predicted molar refractivity (Wildman–Crippen MR) is 111 cm³/mol. The quantitative estimate of drug-likeness (QED) is 0.416. The molecule has 146 valence electrons. The SMILES string of the molecule is Cc1ccnc(Nc2cc(NCCNC(=O)c3cc4ccccc4o3)ncn2)c1. The number of hydrogen-bond donors (Lipinski definition) is 3. The summed E-state index contributed by atoms with van der Waals surface area (Å²) < 4.78 is 5.56. The van der Waals surface area contributed by atoms with Gasteiger partial charge in [0.1, 0.15) is 29.4 Å². The molecular formula is C21H20N6O2. The van der Waals surface area contributed by atoms with Gasteiger partial charge in [-0.05, 0) is 36.8 Å². The maximum Gasteiger partial charge on any atom is 0.287 e. The molecule has 0 fully saturated rings. The standard InChI is InChI=1S/C21H20N6O2/c1-14-6-7-22-19(10-14)27-20-12-18(25-13-26-20)23-8-9-24-21(28)17-11-15-4-2-3-5-16(15)29-17/h2-7,10-13H,8-9H2,1H3,(H,24,28)(H2,22,23,25,26,27). The monoisotopic (exact) mass is 388 g/mol. The number of aromatic nitrogens is 3. The van der Waals surface area contributed by atoms with E-state index in [0.717, 1.165) is 10.9 Å². The highest BCUT2D eigenvalue weighted by Gasteiger charge is 2.11. The number of anilines is 3. The second-order valence-electron chi connectivity index (χ2n) is 6.46.